The van der Waals surface area contributed by atoms with E-state index in [1.165, 1.54) is 18.4 Å². The van der Waals surface area contributed by atoms with E-state index in [0.29, 0.717) is 11.8 Å². The van der Waals surface area contributed by atoms with Gasteiger partial charge in [0.2, 0.25) is 11.8 Å². The molecule has 0 radical (unpaired) electrons. The van der Waals surface area contributed by atoms with Gasteiger partial charge in [-0.1, -0.05) is 30.3 Å². The van der Waals surface area contributed by atoms with Gasteiger partial charge in [-0.25, -0.2) is 0 Å². The maximum atomic E-state index is 5.76. The molecular formula is C19H27N5O. The van der Waals surface area contributed by atoms with Crippen molar-refractivity contribution in [2.45, 2.75) is 19.4 Å². The molecule has 0 unspecified atom stereocenters. The summed E-state index contributed by atoms with van der Waals surface area (Å²) in [5.41, 5.74) is 7.15. The topological polar surface area (TPSA) is 67.5 Å². The molecule has 1 aliphatic rings. The van der Waals surface area contributed by atoms with Crippen molar-refractivity contribution in [1.29, 1.82) is 0 Å². The first-order valence-corrected chi connectivity index (χ1v) is 8.80. The summed E-state index contributed by atoms with van der Waals surface area (Å²) in [5.74, 6) is 2.24. The van der Waals surface area contributed by atoms with E-state index in [4.69, 9.17) is 10.5 Å². The Kier molecular flexibility index (Phi) is 5.71. The monoisotopic (exact) mass is 341 g/mol. The first kappa shape index (κ1) is 17.5. The van der Waals surface area contributed by atoms with Crippen molar-refractivity contribution in [3.63, 3.8) is 0 Å². The number of nitrogens with zero attached hydrogens (tertiary/aromatic N) is 4. The van der Waals surface area contributed by atoms with E-state index in [1.807, 2.05) is 6.07 Å². The van der Waals surface area contributed by atoms with Gasteiger partial charge in [0.25, 0.3) is 0 Å². The number of likely N-dealkylation sites (tertiary alicyclic amines) is 1. The van der Waals surface area contributed by atoms with Gasteiger partial charge in [0.1, 0.15) is 5.82 Å². The van der Waals surface area contributed by atoms with Crippen molar-refractivity contribution in [3.8, 4) is 5.88 Å². The third-order valence-corrected chi connectivity index (χ3v) is 4.79. The molecule has 3 rings (SSSR count). The molecule has 0 atom stereocenters. The van der Waals surface area contributed by atoms with Gasteiger partial charge in [0.05, 0.1) is 7.11 Å². The van der Waals surface area contributed by atoms with Crippen molar-refractivity contribution in [1.82, 2.24) is 14.9 Å². The Bertz CT molecular complexity index is 671. The quantitative estimate of drug-likeness (QED) is 0.870. The van der Waals surface area contributed by atoms with Crippen molar-refractivity contribution >= 4 is 11.8 Å². The van der Waals surface area contributed by atoms with Crippen LogP contribution in [-0.2, 0) is 6.54 Å². The van der Waals surface area contributed by atoms with Crippen LogP contribution in [0.1, 0.15) is 18.4 Å². The molecule has 0 amide bonds. The van der Waals surface area contributed by atoms with Crippen LogP contribution >= 0.6 is 0 Å². The van der Waals surface area contributed by atoms with Gasteiger partial charge < -0.3 is 15.4 Å². The fraction of sp³-hybridized carbons (Fsp3) is 0.474. The minimum atomic E-state index is 0.249. The van der Waals surface area contributed by atoms with Crippen LogP contribution in [0.15, 0.2) is 36.4 Å². The minimum absolute atomic E-state index is 0.249. The zero-order valence-corrected chi connectivity index (χ0v) is 15.1. The summed E-state index contributed by atoms with van der Waals surface area (Å²) in [7, 11) is 3.64. The van der Waals surface area contributed by atoms with E-state index in [0.717, 1.165) is 32.0 Å². The summed E-state index contributed by atoms with van der Waals surface area (Å²) in [5, 5.41) is 0. The third kappa shape index (κ3) is 4.82. The van der Waals surface area contributed by atoms with Gasteiger partial charge in [-0.3, -0.25) is 4.90 Å². The summed E-state index contributed by atoms with van der Waals surface area (Å²) in [6, 6.07) is 12.5. The van der Waals surface area contributed by atoms with E-state index in [1.54, 1.807) is 7.11 Å². The number of methoxy groups -OCH3 is 1. The highest BCUT2D eigenvalue weighted by molar-refractivity contribution is 5.44. The SMILES string of the molecule is COc1cc(N(C)CC2CCN(Cc3ccccc3)CC2)nc(N)n1. The first-order valence-electron chi connectivity index (χ1n) is 8.80. The molecule has 0 spiro atoms. The summed E-state index contributed by atoms with van der Waals surface area (Å²) in [6.07, 6.45) is 2.41. The lowest BCUT2D eigenvalue weighted by Crippen LogP contribution is -2.37. The van der Waals surface area contributed by atoms with Gasteiger partial charge in [-0.15, -0.1) is 0 Å². The molecule has 1 aromatic carbocycles. The molecule has 2 heterocycles. The molecule has 6 heteroatoms. The largest absolute Gasteiger partial charge is 0.481 e. The number of ether oxygens (including phenoxy) is 1. The lowest BCUT2D eigenvalue weighted by molar-refractivity contribution is 0.179. The molecule has 0 bridgehead atoms. The normalized spacial score (nSPS) is 15.9. The second-order valence-corrected chi connectivity index (χ2v) is 6.71. The van der Waals surface area contributed by atoms with E-state index in [9.17, 15) is 0 Å². The van der Waals surface area contributed by atoms with Crippen LogP contribution in [0, 0.1) is 5.92 Å². The number of anilines is 2. The van der Waals surface area contributed by atoms with Crippen molar-refractivity contribution < 1.29 is 4.74 Å². The summed E-state index contributed by atoms with van der Waals surface area (Å²) in [4.78, 5) is 13.1. The van der Waals surface area contributed by atoms with Crippen LogP contribution in [0.2, 0.25) is 0 Å². The van der Waals surface area contributed by atoms with Crippen LogP contribution in [0.5, 0.6) is 5.88 Å². The number of rotatable bonds is 6. The van der Waals surface area contributed by atoms with E-state index < -0.39 is 0 Å². The Labute approximate surface area is 149 Å². The maximum Gasteiger partial charge on any atom is 0.225 e. The molecule has 0 saturated carbocycles. The Morgan fingerprint density at radius 3 is 2.60 bits per heavy atom. The number of benzene rings is 1. The molecule has 25 heavy (non-hydrogen) atoms. The van der Waals surface area contributed by atoms with E-state index in [2.05, 4.69) is 57.1 Å². The Balaban J connectivity index is 1.51. The van der Waals surface area contributed by atoms with Crippen LogP contribution in [0.4, 0.5) is 11.8 Å². The predicted octanol–water partition coefficient (Wildman–Crippen LogP) is 2.42. The highest BCUT2D eigenvalue weighted by Gasteiger charge is 2.21. The van der Waals surface area contributed by atoms with E-state index in [-0.39, 0.29) is 5.95 Å². The lowest BCUT2D eigenvalue weighted by atomic mass is 9.96. The summed E-state index contributed by atoms with van der Waals surface area (Å²) < 4.78 is 5.18. The maximum absolute atomic E-state index is 5.76. The first-order chi connectivity index (χ1) is 12.1. The molecule has 1 aliphatic heterocycles. The molecule has 6 nitrogen and oxygen atoms in total. The molecule has 1 fully saturated rings. The third-order valence-electron chi connectivity index (χ3n) is 4.79. The van der Waals surface area contributed by atoms with Crippen LogP contribution in [0.25, 0.3) is 0 Å². The second-order valence-electron chi connectivity index (χ2n) is 6.71. The van der Waals surface area contributed by atoms with Crippen LogP contribution in [-0.4, -0.2) is 48.7 Å². The molecule has 1 saturated heterocycles. The smallest absolute Gasteiger partial charge is 0.225 e. The van der Waals surface area contributed by atoms with Gasteiger partial charge in [0.15, 0.2) is 0 Å². The average Bonchev–Trinajstić information content (AvgIpc) is 2.63. The minimum Gasteiger partial charge on any atom is -0.481 e. The Hall–Kier alpha value is -2.34. The van der Waals surface area contributed by atoms with Crippen molar-refractivity contribution in [2.24, 2.45) is 5.92 Å². The molecule has 2 N–H and O–H groups in total. The van der Waals surface area contributed by atoms with Gasteiger partial charge >= 0.3 is 0 Å². The predicted molar refractivity (Wildman–Crippen MR) is 101 cm³/mol. The number of hydrogen-bond acceptors (Lipinski definition) is 6. The second kappa shape index (κ2) is 8.16. The number of nitrogens with two attached hydrogens (primary N) is 1. The van der Waals surface area contributed by atoms with E-state index >= 15 is 0 Å². The highest BCUT2D eigenvalue weighted by atomic mass is 16.5. The van der Waals surface area contributed by atoms with Gasteiger partial charge in [-0.2, -0.15) is 9.97 Å². The Morgan fingerprint density at radius 1 is 1.20 bits per heavy atom. The van der Waals surface area contributed by atoms with Crippen LogP contribution < -0.4 is 15.4 Å². The zero-order valence-electron chi connectivity index (χ0n) is 15.1. The van der Waals surface area contributed by atoms with Gasteiger partial charge in [0, 0.05) is 26.2 Å². The van der Waals surface area contributed by atoms with Crippen molar-refractivity contribution in [3.05, 3.63) is 42.0 Å². The summed E-state index contributed by atoms with van der Waals surface area (Å²) >= 11 is 0. The molecule has 0 aliphatic carbocycles. The van der Waals surface area contributed by atoms with Crippen molar-refractivity contribution in [2.75, 3.05) is 44.4 Å². The highest BCUT2D eigenvalue weighted by Crippen LogP contribution is 2.23. The fourth-order valence-electron chi connectivity index (χ4n) is 3.38. The lowest BCUT2D eigenvalue weighted by Gasteiger charge is -2.34. The van der Waals surface area contributed by atoms with Crippen LogP contribution in [0.3, 0.4) is 0 Å². The molecule has 134 valence electrons. The standard InChI is InChI=1S/C19H27N5O/c1-23(17-12-18(25-2)22-19(20)21-17)13-16-8-10-24(11-9-16)14-15-6-4-3-5-7-15/h3-7,12,16H,8-11,13-14H2,1-2H3,(H2,20,21,22). The number of nitrogen functional groups attached to an aromatic ring is 1. The Morgan fingerprint density at radius 2 is 1.92 bits per heavy atom. The summed E-state index contributed by atoms with van der Waals surface area (Å²) in [6.45, 7) is 4.30. The van der Waals surface area contributed by atoms with Gasteiger partial charge in [-0.05, 0) is 37.4 Å². The fourth-order valence-corrected chi connectivity index (χ4v) is 3.38. The average molecular weight is 341 g/mol. The number of piperidine rings is 1. The number of aromatic nitrogens is 2. The molecule has 1 aromatic heterocycles. The number of hydrogen-bond donors (Lipinski definition) is 1. The molecular weight excluding hydrogens is 314 g/mol. The zero-order chi connectivity index (χ0) is 17.6. The molecule has 2 aromatic rings.